The number of halogens is 1. The van der Waals surface area contributed by atoms with Crippen molar-refractivity contribution in [3.63, 3.8) is 0 Å². The molecule has 0 amide bonds. The van der Waals surface area contributed by atoms with Crippen LogP contribution < -0.4 is 21.3 Å². The summed E-state index contributed by atoms with van der Waals surface area (Å²) in [6, 6.07) is 7.55. The highest BCUT2D eigenvalue weighted by atomic mass is 19.1. The predicted molar refractivity (Wildman–Crippen MR) is 124 cm³/mol. The highest BCUT2D eigenvalue weighted by Crippen LogP contribution is 2.43. The fraction of sp³-hybridized carbons (Fsp3) is 0.348. The number of pyridine rings is 1. The van der Waals surface area contributed by atoms with E-state index in [-0.39, 0.29) is 11.9 Å². The van der Waals surface area contributed by atoms with E-state index in [1.165, 1.54) is 6.07 Å². The zero-order valence-corrected chi connectivity index (χ0v) is 17.8. The molecule has 3 aromatic heterocycles. The molecule has 3 atom stereocenters. The van der Waals surface area contributed by atoms with Gasteiger partial charge in [0.15, 0.2) is 0 Å². The second-order valence-electron chi connectivity index (χ2n) is 8.76. The average molecular weight is 433 g/mol. The standard InChI is InChI=1S/C23H25FN8/c1-26-18-7-14(24)6-16-19-21(29-20(16)18)30-23(28-10-12-3-2-4-27-9-12)31-22(19)32-11-13-5-15(32)8-17(13)25/h2-4,6-7,9,13,15,17,26H,5,8,10-11,25H2,1H3,(H2,28,29,30,31)/t13-,15-,17-/m1/s1. The molecule has 0 unspecified atom stereocenters. The average Bonchev–Trinajstić information content (AvgIpc) is 3.49. The molecule has 4 aromatic rings. The highest BCUT2D eigenvalue weighted by Gasteiger charge is 2.44. The maximum absolute atomic E-state index is 14.4. The molecule has 0 spiro atoms. The second kappa shape index (κ2) is 7.30. The number of benzene rings is 1. The van der Waals surface area contributed by atoms with Gasteiger partial charge in [-0.3, -0.25) is 4.98 Å². The number of nitrogens with zero attached hydrogens (tertiary/aromatic N) is 4. The van der Waals surface area contributed by atoms with Crippen molar-refractivity contribution in [3.05, 3.63) is 48.0 Å². The number of aromatic nitrogens is 4. The van der Waals surface area contributed by atoms with Crippen LogP contribution in [0.1, 0.15) is 18.4 Å². The predicted octanol–water partition coefficient (Wildman–Crippen LogP) is 3.22. The van der Waals surface area contributed by atoms with Crippen LogP contribution in [0.5, 0.6) is 0 Å². The third-order valence-corrected chi connectivity index (χ3v) is 6.82. The van der Waals surface area contributed by atoms with E-state index < -0.39 is 0 Å². The molecule has 6 rings (SSSR count). The minimum atomic E-state index is -0.294. The Labute approximate surface area is 184 Å². The van der Waals surface area contributed by atoms with Gasteiger partial charge in [-0.05, 0) is 42.5 Å². The molecule has 8 nitrogen and oxygen atoms in total. The van der Waals surface area contributed by atoms with E-state index in [1.807, 2.05) is 18.3 Å². The molecule has 1 saturated carbocycles. The molecule has 4 heterocycles. The molecule has 32 heavy (non-hydrogen) atoms. The first-order valence-electron chi connectivity index (χ1n) is 11.0. The Balaban J connectivity index is 1.50. The van der Waals surface area contributed by atoms with E-state index >= 15 is 0 Å². The van der Waals surface area contributed by atoms with Gasteiger partial charge in [0.2, 0.25) is 5.95 Å². The van der Waals surface area contributed by atoms with Gasteiger partial charge in [0.25, 0.3) is 0 Å². The van der Waals surface area contributed by atoms with Crippen molar-refractivity contribution >= 4 is 39.4 Å². The molecule has 1 saturated heterocycles. The Bertz CT molecular complexity index is 1300. The zero-order chi connectivity index (χ0) is 21.8. The van der Waals surface area contributed by atoms with Gasteiger partial charge in [0.1, 0.15) is 17.3 Å². The molecule has 1 aliphatic heterocycles. The van der Waals surface area contributed by atoms with Crippen molar-refractivity contribution in [1.82, 2.24) is 19.9 Å². The number of nitrogens with one attached hydrogen (secondary N) is 3. The molecular formula is C23H25FN8. The summed E-state index contributed by atoms with van der Waals surface area (Å²) in [5.74, 6) is 1.53. The first kappa shape index (κ1) is 19.2. The number of H-pyrrole nitrogens is 1. The van der Waals surface area contributed by atoms with Crippen molar-refractivity contribution in [2.75, 3.05) is 29.1 Å². The Morgan fingerprint density at radius 2 is 2.19 bits per heavy atom. The summed E-state index contributed by atoms with van der Waals surface area (Å²) < 4.78 is 14.4. The van der Waals surface area contributed by atoms with Crippen LogP contribution in [-0.2, 0) is 6.54 Å². The minimum Gasteiger partial charge on any atom is -0.386 e. The van der Waals surface area contributed by atoms with Crippen LogP contribution in [0.25, 0.3) is 21.9 Å². The van der Waals surface area contributed by atoms with E-state index in [0.717, 1.165) is 47.1 Å². The summed E-state index contributed by atoms with van der Waals surface area (Å²) in [6.45, 7) is 1.42. The van der Waals surface area contributed by atoms with E-state index in [0.29, 0.717) is 35.8 Å². The normalized spacial score (nSPS) is 22.2. The van der Waals surface area contributed by atoms with Crippen LogP contribution in [0.3, 0.4) is 0 Å². The summed E-state index contributed by atoms with van der Waals surface area (Å²) in [4.78, 5) is 19.6. The van der Waals surface area contributed by atoms with E-state index in [2.05, 4.69) is 25.5 Å². The summed E-state index contributed by atoms with van der Waals surface area (Å²) >= 11 is 0. The quantitative estimate of drug-likeness (QED) is 0.383. The van der Waals surface area contributed by atoms with Crippen LogP contribution in [0.15, 0.2) is 36.7 Å². The second-order valence-corrected chi connectivity index (χ2v) is 8.76. The van der Waals surface area contributed by atoms with Crippen molar-refractivity contribution < 1.29 is 4.39 Å². The molecule has 164 valence electrons. The number of piperidine rings is 1. The number of rotatable bonds is 5. The zero-order valence-electron chi connectivity index (χ0n) is 17.8. The topological polar surface area (TPSA) is 108 Å². The Kier molecular flexibility index (Phi) is 4.39. The lowest BCUT2D eigenvalue weighted by Crippen LogP contribution is -2.41. The number of hydrogen-bond acceptors (Lipinski definition) is 7. The third-order valence-electron chi connectivity index (χ3n) is 6.82. The third kappa shape index (κ3) is 3.03. The lowest BCUT2D eigenvalue weighted by Gasteiger charge is -2.31. The summed E-state index contributed by atoms with van der Waals surface area (Å²) in [5, 5.41) is 8.05. The molecule has 2 fully saturated rings. The largest absolute Gasteiger partial charge is 0.386 e. The minimum absolute atomic E-state index is 0.244. The Hall–Kier alpha value is -3.46. The molecule has 2 bridgehead atoms. The summed E-state index contributed by atoms with van der Waals surface area (Å²) in [6.07, 6.45) is 5.59. The van der Waals surface area contributed by atoms with Gasteiger partial charge in [-0.2, -0.15) is 9.97 Å². The fourth-order valence-electron chi connectivity index (χ4n) is 5.26. The molecule has 1 aromatic carbocycles. The lowest BCUT2D eigenvalue weighted by atomic mass is 10.0. The summed E-state index contributed by atoms with van der Waals surface area (Å²) in [7, 11) is 1.79. The SMILES string of the molecule is CNc1cc(F)cc2c1[nH]c1nc(NCc3cccnc3)nc(N3C[C@H]4C[C@@H]3C[C@H]4N)c12. The van der Waals surface area contributed by atoms with Crippen LogP contribution in [-0.4, -0.2) is 45.6 Å². The summed E-state index contributed by atoms with van der Waals surface area (Å²) in [5.41, 5.74) is 9.55. The number of anilines is 3. The van der Waals surface area contributed by atoms with Crippen molar-refractivity contribution in [3.8, 4) is 0 Å². The Morgan fingerprint density at radius 3 is 2.91 bits per heavy atom. The van der Waals surface area contributed by atoms with Crippen molar-refractivity contribution in [2.45, 2.75) is 31.5 Å². The van der Waals surface area contributed by atoms with Gasteiger partial charge in [-0.15, -0.1) is 0 Å². The van der Waals surface area contributed by atoms with Gasteiger partial charge in [0.05, 0.1) is 16.6 Å². The van der Waals surface area contributed by atoms with Crippen LogP contribution in [0, 0.1) is 11.7 Å². The molecule has 5 N–H and O–H groups in total. The van der Waals surface area contributed by atoms with Gasteiger partial charge in [-0.1, -0.05) is 6.07 Å². The number of nitrogens with two attached hydrogens (primary N) is 1. The van der Waals surface area contributed by atoms with Crippen LogP contribution in [0.4, 0.5) is 21.8 Å². The van der Waals surface area contributed by atoms with Crippen molar-refractivity contribution in [2.24, 2.45) is 11.7 Å². The van der Waals surface area contributed by atoms with Gasteiger partial charge < -0.3 is 26.3 Å². The molecule has 0 radical (unpaired) electrons. The molecule has 2 aliphatic rings. The molecule has 1 aliphatic carbocycles. The maximum atomic E-state index is 14.4. The first-order chi connectivity index (χ1) is 15.6. The van der Waals surface area contributed by atoms with Gasteiger partial charge >= 0.3 is 0 Å². The monoisotopic (exact) mass is 432 g/mol. The molecular weight excluding hydrogens is 407 g/mol. The lowest BCUT2D eigenvalue weighted by molar-refractivity contribution is 0.471. The smallest absolute Gasteiger partial charge is 0.226 e. The van der Waals surface area contributed by atoms with E-state index in [1.54, 1.807) is 19.3 Å². The van der Waals surface area contributed by atoms with Gasteiger partial charge in [-0.25, -0.2) is 4.39 Å². The maximum Gasteiger partial charge on any atom is 0.226 e. The van der Waals surface area contributed by atoms with Crippen LogP contribution >= 0.6 is 0 Å². The van der Waals surface area contributed by atoms with Crippen molar-refractivity contribution in [1.29, 1.82) is 0 Å². The van der Waals surface area contributed by atoms with Crippen LogP contribution in [0.2, 0.25) is 0 Å². The molecule has 9 heteroatoms. The first-order valence-corrected chi connectivity index (χ1v) is 11.0. The number of aromatic amines is 1. The highest BCUT2D eigenvalue weighted by molar-refractivity contribution is 6.14. The Morgan fingerprint density at radius 1 is 1.28 bits per heavy atom. The fourth-order valence-corrected chi connectivity index (χ4v) is 5.26. The van der Waals surface area contributed by atoms with E-state index in [4.69, 9.17) is 15.7 Å². The number of fused-ring (bicyclic) bond motifs is 5. The number of hydrogen-bond donors (Lipinski definition) is 4. The van der Waals surface area contributed by atoms with Gasteiger partial charge in [0, 0.05) is 50.0 Å². The van der Waals surface area contributed by atoms with E-state index in [9.17, 15) is 4.39 Å².